The highest BCUT2D eigenvalue weighted by atomic mass is 16.7. The summed E-state index contributed by atoms with van der Waals surface area (Å²) >= 11 is 0. The van der Waals surface area contributed by atoms with Crippen molar-refractivity contribution >= 4 is 18.4 Å². The number of benzene rings is 2. The number of hydrogen-bond donors (Lipinski definition) is 0. The standard InChI is InChI=1S/C22H25BO3/c1-20(2)21(3,4)26-23(25-20)19-13-9-8-12-18(19)22(14-17(24)15-22)16-10-6-5-7-11-16/h5-13H,14-15H2,1-4H3. The van der Waals surface area contributed by atoms with Crippen molar-refractivity contribution in [1.82, 2.24) is 0 Å². The van der Waals surface area contributed by atoms with Gasteiger partial charge in [-0.2, -0.15) is 0 Å². The Morgan fingerprint density at radius 1 is 0.808 bits per heavy atom. The molecule has 2 aromatic rings. The zero-order chi connectivity index (χ0) is 18.6. The number of Topliss-reactive ketones (excluding diaryl/α,β-unsaturated/α-hetero) is 1. The Labute approximate surface area is 155 Å². The van der Waals surface area contributed by atoms with Crippen LogP contribution in [0.4, 0.5) is 0 Å². The Hall–Kier alpha value is -1.91. The van der Waals surface area contributed by atoms with Crippen LogP contribution in [-0.4, -0.2) is 24.1 Å². The third kappa shape index (κ3) is 2.55. The molecule has 0 atom stereocenters. The van der Waals surface area contributed by atoms with Gasteiger partial charge in [-0.3, -0.25) is 4.79 Å². The Kier molecular flexibility index (Phi) is 3.90. The molecular weight excluding hydrogens is 323 g/mol. The average molecular weight is 348 g/mol. The molecule has 4 rings (SSSR count). The largest absolute Gasteiger partial charge is 0.495 e. The van der Waals surface area contributed by atoms with Crippen LogP contribution in [0.25, 0.3) is 0 Å². The first-order chi connectivity index (χ1) is 12.3. The molecular formula is C22H25BO3. The van der Waals surface area contributed by atoms with Gasteiger partial charge >= 0.3 is 7.12 Å². The predicted molar refractivity (Wildman–Crippen MR) is 104 cm³/mol. The van der Waals surface area contributed by atoms with Gasteiger partial charge in [-0.05, 0) is 44.3 Å². The van der Waals surface area contributed by atoms with Crippen LogP contribution in [0.2, 0.25) is 0 Å². The lowest BCUT2D eigenvalue weighted by Crippen LogP contribution is -2.49. The van der Waals surface area contributed by atoms with E-state index >= 15 is 0 Å². The van der Waals surface area contributed by atoms with E-state index in [0.717, 1.165) is 11.0 Å². The van der Waals surface area contributed by atoms with Crippen molar-refractivity contribution in [2.24, 2.45) is 0 Å². The minimum absolute atomic E-state index is 0.279. The van der Waals surface area contributed by atoms with Gasteiger partial charge in [-0.25, -0.2) is 0 Å². The molecule has 1 heterocycles. The molecule has 2 aromatic carbocycles. The number of carbonyl (C=O) groups is 1. The quantitative estimate of drug-likeness (QED) is 0.795. The number of hydrogen-bond acceptors (Lipinski definition) is 3. The smallest absolute Gasteiger partial charge is 0.399 e. The molecule has 1 saturated carbocycles. The molecule has 134 valence electrons. The monoisotopic (exact) mass is 348 g/mol. The summed E-state index contributed by atoms with van der Waals surface area (Å²) in [6.45, 7) is 8.26. The van der Waals surface area contributed by atoms with E-state index in [1.807, 2.05) is 30.3 Å². The van der Waals surface area contributed by atoms with Gasteiger partial charge in [0.05, 0.1) is 11.2 Å². The summed E-state index contributed by atoms with van der Waals surface area (Å²) in [6, 6.07) is 18.6. The van der Waals surface area contributed by atoms with Crippen molar-refractivity contribution in [1.29, 1.82) is 0 Å². The van der Waals surface area contributed by atoms with Crippen molar-refractivity contribution in [3.05, 3.63) is 65.7 Å². The Balaban J connectivity index is 1.80. The first-order valence-corrected chi connectivity index (χ1v) is 9.27. The molecule has 3 nitrogen and oxygen atoms in total. The fraction of sp³-hybridized carbons (Fsp3) is 0.409. The van der Waals surface area contributed by atoms with E-state index in [9.17, 15) is 4.79 Å². The molecule has 26 heavy (non-hydrogen) atoms. The molecule has 0 unspecified atom stereocenters. The summed E-state index contributed by atoms with van der Waals surface area (Å²) in [7, 11) is -0.424. The minimum Gasteiger partial charge on any atom is -0.399 e. The third-order valence-electron chi connectivity index (χ3n) is 6.31. The van der Waals surface area contributed by atoms with E-state index in [4.69, 9.17) is 9.31 Å². The van der Waals surface area contributed by atoms with Gasteiger partial charge in [0.15, 0.2) is 0 Å². The molecule has 0 bridgehead atoms. The van der Waals surface area contributed by atoms with Crippen LogP contribution < -0.4 is 5.46 Å². The van der Waals surface area contributed by atoms with Crippen molar-refractivity contribution in [3.63, 3.8) is 0 Å². The highest BCUT2D eigenvalue weighted by molar-refractivity contribution is 6.62. The Morgan fingerprint density at radius 2 is 1.35 bits per heavy atom. The predicted octanol–water partition coefficient (Wildman–Crippen LogP) is 3.63. The number of carbonyl (C=O) groups excluding carboxylic acids is 1. The highest BCUT2D eigenvalue weighted by Crippen LogP contribution is 2.47. The van der Waals surface area contributed by atoms with Crippen LogP contribution in [0.5, 0.6) is 0 Å². The maximum Gasteiger partial charge on any atom is 0.495 e. The molecule has 2 aliphatic rings. The van der Waals surface area contributed by atoms with Crippen LogP contribution in [0.15, 0.2) is 54.6 Å². The van der Waals surface area contributed by atoms with E-state index < -0.39 is 7.12 Å². The molecule has 0 amide bonds. The SMILES string of the molecule is CC1(C)OB(c2ccccc2C2(c3ccccc3)CC(=O)C2)OC1(C)C. The summed E-state index contributed by atoms with van der Waals surface area (Å²) in [6.07, 6.45) is 1.07. The molecule has 4 heteroatoms. The molecule has 2 fully saturated rings. The summed E-state index contributed by atoms with van der Waals surface area (Å²) in [4.78, 5) is 12.0. The van der Waals surface area contributed by atoms with Gasteiger partial charge in [0.2, 0.25) is 0 Å². The number of ketones is 1. The van der Waals surface area contributed by atoms with Gasteiger partial charge in [-0.15, -0.1) is 0 Å². The normalized spacial score (nSPS) is 22.9. The van der Waals surface area contributed by atoms with E-state index in [-0.39, 0.29) is 16.6 Å². The third-order valence-corrected chi connectivity index (χ3v) is 6.31. The van der Waals surface area contributed by atoms with Gasteiger partial charge in [-0.1, -0.05) is 54.6 Å². The first-order valence-electron chi connectivity index (χ1n) is 9.27. The highest BCUT2D eigenvalue weighted by Gasteiger charge is 2.54. The average Bonchev–Trinajstić information content (AvgIpc) is 2.80. The maximum absolute atomic E-state index is 12.0. The molecule has 1 saturated heterocycles. The molecule has 0 N–H and O–H groups in total. The zero-order valence-electron chi connectivity index (χ0n) is 15.9. The topological polar surface area (TPSA) is 35.5 Å². The van der Waals surface area contributed by atoms with E-state index in [1.165, 1.54) is 5.56 Å². The summed E-state index contributed by atoms with van der Waals surface area (Å²) < 4.78 is 12.6. The molecule has 0 radical (unpaired) electrons. The van der Waals surface area contributed by atoms with Crippen LogP contribution in [0.3, 0.4) is 0 Å². The van der Waals surface area contributed by atoms with Gasteiger partial charge in [0.1, 0.15) is 5.78 Å². The zero-order valence-corrected chi connectivity index (χ0v) is 15.9. The molecule has 0 aromatic heterocycles. The Bertz CT molecular complexity index is 817. The lowest BCUT2D eigenvalue weighted by molar-refractivity contribution is -0.127. The molecule has 0 spiro atoms. The van der Waals surface area contributed by atoms with E-state index in [2.05, 4.69) is 52.0 Å². The lowest BCUT2D eigenvalue weighted by Gasteiger charge is -2.43. The molecule has 1 aliphatic carbocycles. The fourth-order valence-corrected chi connectivity index (χ4v) is 4.04. The Morgan fingerprint density at radius 3 is 1.92 bits per heavy atom. The van der Waals surface area contributed by atoms with Crippen LogP contribution in [0, 0.1) is 0 Å². The fourth-order valence-electron chi connectivity index (χ4n) is 4.04. The van der Waals surface area contributed by atoms with Gasteiger partial charge in [0.25, 0.3) is 0 Å². The van der Waals surface area contributed by atoms with Crippen molar-refractivity contribution in [2.45, 2.75) is 57.2 Å². The van der Waals surface area contributed by atoms with Crippen molar-refractivity contribution < 1.29 is 14.1 Å². The van der Waals surface area contributed by atoms with Crippen LogP contribution in [0.1, 0.15) is 51.7 Å². The van der Waals surface area contributed by atoms with E-state index in [1.54, 1.807) is 0 Å². The van der Waals surface area contributed by atoms with Crippen LogP contribution in [-0.2, 0) is 19.5 Å². The minimum atomic E-state index is -0.424. The summed E-state index contributed by atoms with van der Waals surface area (Å²) in [5.41, 5.74) is 2.30. The van der Waals surface area contributed by atoms with Crippen molar-refractivity contribution in [3.8, 4) is 0 Å². The van der Waals surface area contributed by atoms with Gasteiger partial charge in [0, 0.05) is 18.3 Å². The summed E-state index contributed by atoms with van der Waals surface area (Å²) in [5.74, 6) is 0.303. The van der Waals surface area contributed by atoms with Crippen molar-refractivity contribution in [2.75, 3.05) is 0 Å². The van der Waals surface area contributed by atoms with Crippen LogP contribution >= 0.6 is 0 Å². The van der Waals surface area contributed by atoms with Gasteiger partial charge < -0.3 is 9.31 Å². The lowest BCUT2D eigenvalue weighted by atomic mass is 9.56. The second-order valence-electron chi connectivity index (χ2n) is 8.52. The summed E-state index contributed by atoms with van der Waals surface area (Å²) in [5, 5.41) is 0. The maximum atomic E-state index is 12.0. The van der Waals surface area contributed by atoms with E-state index in [0.29, 0.717) is 18.6 Å². The molecule has 1 aliphatic heterocycles. The second kappa shape index (κ2) is 5.80. The first kappa shape index (κ1) is 17.5. The number of rotatable bonds is 3. The second-order valence-corrected chi connectivity index (χ2v) is 8.52.